The van der Waals surface area contributed by atoms with Crippen molar-refractivity contribution in [3.8, 4) is 5.75 Å². The van der Waals surface area contributed by atoms with Gasteiger partial charge in [-0.15, -0.1) is 0 Å². The molecule has 2 N–H and O–H groups in total. The molecule has 6 nitrogen and oxygen atoms in total. The summed E-state index contributed by atoms with van der Waals surface area (Å²) in [7, 11) is 0.822. The van der Waals surface area contributed by atoms with Crippen LogP contribution in [0, 0.1) is 23.3 Å². The number of furan rings is 1. The largest absolute Gasteiger partial charge is 0.491 e. The van der Waals surface area contributed by atoms with Gasteiger partial charge in [-0.1, -0.05) is 6.07 Å². The average molecular weight is 408 g/mol. The van der Waals surface area contributed by atoms with Crippen LogP contribution >= 0.6 is 0 Å². The van der Waals surface area contributed by atoms with Crippen LogP contribution in [0.25, 0.3) is 0 Å². The van der Waals surface area contributed by atoms with E-state index in [-0.39, 0.29) is 17.1 Å². The molecule has 0 unspecified atom stereocenters. The van der Waals surface area contributed by atoms with E-state index in [1.807, 2.05) is 0 Å². The Kier molecular flexibility index (Phi) is 5.53. The monoisotopic (exact) mass is 408 g/mol. The second-order valence-electron chi connectivity index (χ2n) is 5.63. The molecule has 0 spiro atoms. The van der Waals surface area contributed by atoms with Crippen molar-refractivity contribution in [2.45, 2.75) is 0 Å². The molecule has 0 atom stereocenters. The molecule has 10 heteroatoms. The van der Waals surface area contributed by atoms with Crippen molar-refractivity contribution in [1.82, 2.24) is 0 Å². The Balaban J connectivity index is 1.84. The van der Waals surface area contributed by atoms with Gasteiger partial charge >= 0.3 is 0 Å². The van der Waals surface area contributed by atoms with Gasteiger partial charge in [0, 0.05) is 11.4 Å². The number of nitrogens with one attached hydrogen (secondary N) is 2. The highest BCUT2D eigenvalue weighted by molar-refractivity contribution is 6.06. The molecule has 0 fully saturated rings. The predicted octanol–water partition coefficient (Wildman–Crippen LogP) is 4.35. The first-order valence-electron chi connectivity index (χ1n) is 7.99. The summed E-state index contributed by atoms with van der Waals surface area (Å²) in [5.41, 5.74) is -1.23. The molecule has 0 saturated carbocycles. The molecule has 29 heavy (non-hydrogen) atoms. The first-order chi connectivity index (χ1) is 13.8. The summed E-state index contributed by atoms with van der Waals surface area (Å²) in [6, 6.07) is 8.46. The third kappa shape index (κ3) is 3.91. The maximum Gasteiger partial charge on any atom is 0.291 e. The average Bonchev–Trinajstić information content (AvgIpc) is 3.22. The van der Waals surface area contributed by atoms with Gasteiger partial charge in [-0.2, -0.15) is 8.78 Å². The summed E-state index contributed by atoms with van der Waals surface area (Å²) < 4.78 is 64.9. The van der Waals surface area contributed by atoms with E-state index in [0.29, 0.717) is 0 Å². The quantitative estimate of drug-likeness (QED) is 0.486. The highest BCUT2D eigenvalue weighted by Gasteiger charge is 2.30. The van der Waals surface area contributed by atoms with Crippen LogP contribution < -0.4 is 15.4 Å². The van der Waals surface area contributed by atoms with Crippen LogP contribution in [0.1, 0.15) is 20.9 Å². The first-order valence-corrected chi connectivity index (χ1v) is 7.99. The molecule has 0 aliphatic carbocycles. The third-order valence-corrected chi connectivity index (χ3v) is 3.78. The number of anilines is 2. The Morgan fingerprint density at radius 3 is 1.97 bits per heavy atom. The number of benzene rings is 2. The van der Waals surface area contributed by atoms with Gasteiger partial charge in [0.15, 0.2) is 23.1 Å². The fourth-order valence-electron chi connectivity index (χ4n) is 2.46. The number of hydrogen-bond acceptors (Lipinski definition) is 4. The summed E-state index contributed by atoms with van der Waals surface area (Å²) >= 11 is 0. The zero-order valence-electron chi connectivity index (χ0n) is 14.7. The molecule has 1 heterocycles. The van der Waals surface area contributed by atoms with Crippen LogP contribution in [-0.4, -0.2) is 18.9 Å². The van der Waals surface area contributed by atoms with E-state index < -0.39 is 46.4 Å². The summed E-state index contributed by atoms with van der Waals surface area (Å²) in [6.45, 7) is 0. The molecule has 0 aliphatic rings. The van der Waals surface area contributed by atoms with Gasteiger partial charge in [0.25, 0.3) is 11.8 Å². The highest BCUT2D eigenvalue weighted by atomic mass is 19.2. The lowest BCUT2D eigenvalue weighted by Crippen LogP contribution is -2.19. The maximum atomic E-state index is 14.1. The van der Waals surface area contributed by atoms with Crippen LogP contribution in [-0.2, 0) is 0 Å². The second-order valence-corrected chi connectivity index (χ2v) is 5.63. The number of carbonyl (C=O) groups is 2. The summed E-state index contributed by atoms with van der Waals surface area (Å²) in [6.07, 6.45) is 1.31. The third-order valence-electron chi connectivity index (χ3n) is 3.78. The number of amides is 2. The van der Waals surface area contributed by atoms with Crippen LogP contribution in [0.3, 0.4) is 0 Å². The van der Waals surface area contributed by atoms with Crippen molar-refractivity contribution in [3.05, 3.63) is 77.3 Å². The molecule has 1 aromatic heterocycles. The van der Waals surface area contributed by atoms with Crippen LogP contribution in [0.2, 0.25) is 0 Å². The van der Waals surface area contributed by atoms with Crippen LogP contribution in [0.5, 0.6) is 5.75 Å². The summed E-state index contributed by atoms with van der Waals surface area (Å²) in [5, 5.41) is 4.60. The second kappa shape index (κ2) is 8.05. The van der Waals surface area contributed by atoms with Gasteiger partial charge < -0.3 is 19.8 Å². The van der Waals surface area contributed by atoms with Crippen LogP contribution in [0.4, 0.5) is 28.9 Å². The van der Waals surface area contributed by atoms with Crippen molar-refractivity contribution in [2.75, 3.05) is 17.7 Å². The Morgan fingerprint density at radius 2 is 1.45 bits per heavy atom. The molecule has 0 radical (unpaired) electrons. The molecule has 0 saturated heterocycles. The van der Waals surface area contributed by atoms with Crippen molar-refractivity contribution >= 4 is 23.2 Å². The lowest BCUT2D eigenvalue weighted by Gasteiger charge is -2.12. The van der Waals surface area contributed by atoms with E-state index in [2.05, 4.69) is 15.4 Å². The number of rotatable bonds is 5. The van der Waals surface area contributed by atoms with Gasteiger partial charge in [0.1, 0.15) is 5.56 Å². The Labute approximate surface area is 161 Å². The molecule has 0 bridgehead atoms. The van der Waals surface area contributed by atoms with E-state index in [1.54, 1.807) is 0 Å². The first kappa shape index (κ1) is 19.9. The molecule has 3 aromatic rings. The maximum absolute atomic E-state index is 14.1. The van der Waals surface area contributed by atoms with Gasteiger partial charge in [0.05, 0.1) is 13.4 Å². The standard InChI is InChI=1S/C19H12F4N2O4/c1-28-17-15(22)13(20)12(14(21)16(17)23)19(27)25-10-5-2-4-9(8-10)24-18(26)11-6-3-7-29-11/h2-8H,1H3,(H,24,26)(H,25,27). The minimum absolute atomic E-state index is 0.00248. The topological polar surface area (TPSA) is 80.6 Å². The predicted molar refractivity (Wildman–Crippen MR) is 93.9 cm³/mol. The number of halogens is 4. The molecular formula is C19H12F4N2O4. The zero-order valence-corrected chi connectivity index (χ0v) is 14.7. The van der Waals surface area contributed by atoms with Crippen molar-refractivity contribution in [3.63, 3.8) is 0 Å². The Morgan fingerprint density at radius 1 is 0.862 bits per heavy atom. The smallest absolute Gasteiger partial charge is 0.291 e. The minimum atomic E-state index is -1.90. The molecule has 150 valence electrons. The highest BCUT2D eigenvalue weighted by Crippen LogP contribution is 2.30. The number of ether oxygens (including phenoxy) is 1. The minimum Gasteiger partial charge on any atom is -0.491 e. The SMILES string of the molecule is COc1c(F)c(F)c(C(=O)Nc2cccc(NC(=O)c3ccco3)c2)c(F)c1F. The van der Waals surface area contributed by atoms with E-state index in [4.69, 9.17) is 4.42 Å². The molecular weight excluding hydrogens is 396 g/mol. The van der Waals surface area contributed by atoms with E-state index in [1.165, 1.54) is 42.7 Å². The van der Waals surface area contributed by atoms with Gasteiger partial charge in [0.2, 0.25) is 11.6 Å². The van der Waals surface area contributed by atoms with Crippen LogP contribution in [0.15, 0.2) is 47.1 Å². The molecule has 2 aromatic carbocycles. The fraction of sp³-hybridized carbons (Fsp3) is 0.0526. The lowest BCUT2D eigenvalue weighted by molar-refractivity contribution is 0.0994. The van der Waals surface area contributed by atoms with Crippen molar-refractivity contribution in [1.29, 1.82) is 0 Å². The summed E-state index contributed by atoms with van der Waals surface area (Å²) in [4.78, 5) is 24.2. The van der Waals surface area contributed by atoms with Gasteiger partial charge in [-0.05, 0) is 30.3 Å². The molecule has 0 aliphatic heterocycles. The van der Waals surface area contributed by atoms with Crippen molar-refractivity contribution < 1.29 is 36.3 Å². The molecule has 2 amide bonds. The van der Waals surface area contributed by atoms with Gasteiger partial charge in [-0.25, -0.2) is 8.78 Å². The van der Waals surface area contributed by atoms with Gasteiger partial charge in [-0.3, -0.25) is 9.59 Å². The van der Waals surface area contributed by atoms with Crippen molar-refractivity contribution in [2.24, 2.45) is 0 Å². The molecule has 3 rings (SSSR count). The number of methoxy groups -OCH3 is 1. The zero-order chi connectivity index (χ0) is 21.1. The Bertz CT molecular complexity index is 1060. The normalized spacial score (nSPS) is 10.5. The fourth-order valence-corrected chi connectivity index (χ4v) is 2.46. The van der Waals surface area contributed by atoms with E-state index in [9.17, 15) is 27.2 Å². The van der Waals surface area contributed by atoms with E-state index in [0.717, 1.165) is 7.11 Å². The summed E-state index contributed by atoms with van der Waals surface area (Å²) in [5.74, 6) is -10.7. The lowest BCUT2D eigenvalue weighted by atomic mass is 10.1. The number of hydrogen-bond donors (Lipinski definition) is 2. The number of carbonyl (C=O) groups excluding carboxylic acids is 2. The Hall–Kier alpha value is -3.82. The van der Waals surface area contributed by atoms with E-state index >= 15 is 0 Å².